The molecule has 7 aromatic carbocycles. The summed E-state index contributed by atoms with van der Waals surface area (Å²) in [5.74, 6) is 2.71. The van der Waals surface area contributed by atoms with Crippen LogP contribution >= 0.6 is 0 Å². The number of anilines is 4. The van der Waals surface area contributed by atoms with Gasteiger partial charge in [-0.05, 0) is 75.7 Å². The van der Waals surface area contributed by atoms with E-state index >= 15 is 0 Å². The predicted octanol–water partition coefficient (Wildman–Crippen LogP) is 14.1. The molecular formula is C55H43N4OPt-3. The maximum absolute atomic E-state index is 6.83. The van der Waals surface area contributed by atoms with E-state index in [4.69, 9.17) is 9.72 Å². The number of hydrogen-bond acceptors (Lipinski definition) is 4. The van der Waals surface area contributed by atoms with Gasteiger partial charge in [0, 0.05) is 72.5 Å². The molecule has 0 amide bonds. The minimum Gasteiger partial charge on any atom is -0.509 e. The van der Waals surface area contributed by atoms with E-state index in [-0.39, 0.29) is 26.5 Å². The van der Waals surface area contributed by atoms with Crippen LogP contribution in [0.3, 0.4) is 0 Å². The number of para-hydroxylation sites is 3. The molecule has 61 heavy (non-hydrogen) atoms. The van der Waals surface area contributed by atoms with E-state index in [1.165, 1.54) is 27.5 Å². The number of benzene rings is 7. The van der Waals surface area contributed by atoms with Crippen molar-refractivity contribution in [2.45, 2.75) is 39.5 Å². The second kappa shape index (κ2) is 15.2. The Kier molecular flexibility index (Phi) is 9.68. The number of fused-ring (bicyclic) bond motifs is 1. The smallest absolute Gasteiger partial charge is 0.135 e. The summed E-state index contributed by atoms with van der Waals surface area (Å²) in [5, 5.41) is 2.50. The third-order valence-corrected chi connectivity index (χ3v) is 12.1. The molecule has 3 heterocycles. The van der Waals surface area contributed by atoms with Crippen molar-refractivity contribution in [1.29, 1.82) is 0 Å². The van der Waals surface area contributed by atoms with E-state index < -0.39 is 0 Å². The van der Waals surface area contributed by atoms with Crippen LogP contribution in [0.15, 0.2) is 164 Å². The van der Waals surface area contributed by atoms with Crippen LogP contribution in [0, 0.1) is 24.7 Å². The topological polar surface area (TPSA) is 33.5 Å². The minimum atomic E-state index is -0.209. The van der Waals surface area contributed by atoms with Crippen LogP contribution < -0.4 is 14.5 Å². The Morgan fingerprint density at radius 1 is 0.639 bits per heavy atom. The van der Waals surface area contributed by atoms with Gasteiger partial charge in [-0.3, -0.25) is 0 Å². The third kappa shape index (κ3) is 6.46. The standard InChI is InChI=1S/C55H43N4O.Pt/c1-36(2)30-37-28-29-56-51(31-37)59-49-27-15-24-45-52(49)53-46(55(45,3)4)33-42(34-50(53)59)60-41-21-13-20-40(32-41)57-35-58(48-26-12-11-25-47(48)57)54-43(38-16-7-5-8-17-38)22-14-23-44(54)39-18-9-6-10-19-39;/h5-29,31,33,35-36H,30H2,1-4H3;/q-3;. The van der Waals surface area contributed by atoms with Gasteiger partial charge in [-0.1, -0.05) is 142 Å². The van der Waals surface area contributed by atoms with Crippen LogP contribution in [-0.4, -0.2) is 9.55 Å². The van der Waals surface area contributed by atoms with Crippen LogP contribution in [0.25, 0.3) is 49.9 Å². The summed E-state index contributed by atoms with van der Waals surface area (Å²) in [7, 11) is 0. The zero-order valence-corrected chi connectivity index (χ0v) is 36.7. The predicted molar refractivity (Wildman–Crippen MR) is 246 cm³/mol. The van der Waals surface area contributed by atoms with Gasteiger partial charge in [0.15, 0.2) is 0 Å². The number of rotatable bonds is 9. The SMILES string of the molecule is CC(C)Cc1ccnc(-n2c3[c-]c(Oc4[c-]c(N5[CH-]N(c6c(-c7ccccc7)cccc6-c6ccccc6)c6ccccc65)ccc4)cc4c3c3c(cccc32)C4(C)C)c1.[Pt]. The van der Waals surface area contributed by atoms with Gasteiger partial charge in [0.05, 0.1) is 0 Å². The molecule has 0 atom stereocenters. The van der Waals surface area contributed by atoms with E-state index in [1.54, 1.807) is 0 Å². The van der Waals surface area contributed by atoms with Gasteiger partial charge in [-0.2, -0.15) is 6.07 Å². The molecule has 5 nitrogen and oxygen atoms in total. The summed E-state index contributed by atoms with van der Waals surface area (Å²) < 4.78 is 9.10. The van der Waals surface area contributed by atoms with E-state index in [9.17, 15) is 0 Å². The first kappa shape index (κ1) is 38.8. The van der Waals surface area contributed by atoms with Crippen LogP contribution in [-0.2, 0) is 32.9 Å². The summed E-state index contributed by atoms with van der Waals surface area (Å²) >= 11 is 0. The molecule has 2 aromatic heterocycles. The Labute approximate surface area is 372 Å². The van der Waals surface area contributed by atoms with Crippen molar-refractivity contribution in [2.24, 2.45) is 5.92 Å². The van der Waals surface area contributed by atoms with Gasteiger partial charge >= 0.3 is 0 Å². The minimum absolute atomic E-state index is 0. The molecule has 302 valence electrons. The monoisotopic (exact) mass is 970 g/mol. The quantitative estimate of drug-likeness (QED) is 0.135. The van der Waals surface area contributed by atoms with Crippen molar-refractivity contribution in [3.8, 4) is 39.6 Å². The Bertz CT molecular complexity index is 3040. The summed E-state index contributed by atoms with van der Waals surface area (Å²) in [6, 6.07) is 63.1. The van der Waals surface area contributed by atoms with Gasteiger partial charge < -0.3 is 19.1 Å². The fourth-order valence-electron chi connectivity index (χ4n) is 9.45. The van der Waals surface area contributed by atoms with Crippen molar-refractivity contribution in [3.05, 3.63) is 199 Å². The molecule has 1 aliphatic heterocycles. The van der Waals surface area contributed by atoms with Crippen LogP contribution in [0.2, 0.25) is 0 Å². The zero-order chi connectivity index (χ0) is 40.5. The summed E-state index contributed by atoms with van der Waals surface area (Å²) in [5.41, 5.74) is 14.5. The van der Waals surface area contributed by atoms with Gasteiger partial charge in [0.1, 0.15) is 5.82 Å². The molecule has 6 heteroatoms. The summed E-state index contributed by atoms with van der Waals surface area (Å²) in [6.07, 6.45) is 2.92. The Morgan fingerprint density at radius 3 is 2.00 bits per heavy atom. The first-order chi connectivity index (χ1) is 29.3. The number of aromatic nitrogens is 2. The second-order valence-corrected chi connectivity index (χ2v) is 16.8. The number of nitrogens with zero attached hydrogens (tertiary/aromatic N) is 4. The first-order valence-electron chi connectivity index (χ1n) is 20.8. The molecule has 0 fully saturated rings. The molecule has 0 N–H and O–H groups in total. The largest absolute Gasteiger partial charge is 0.509 e. The van der Waals surface area contributed by atoms with Gasteiger partial charge in [-0.25, -0.2) is 4.98 Å². The van der Waals surface area contributed by atoms with Gasteiger partial charge in [0.2, 0.25) is 0 Å². The Morgan fingerprint density at radius 2 is 1.30 bits per heavy atom. The summed E-state index contributed by atoms with van der Waals surface area (Å²) in [4.78, 5) is 9.45. The van der Waals surface area contributed by atoms with Gasteiger partial charge in [0.25, 0.3) is 0 Å². The molecule has 0 saturated carbocycles. The number of ether oxygens (including phenoxy) is 1. The number of pyridine rings is 1. The van der Waals surface area contributed by atoms with Crippen molar-refractivity contribution in [2.75, 3.05) is 9.80 Å². The van der Waals surface area contributed by atoms with Crippen LogP contribution in [0.5, 0.6) is 11.5 Å². The fraction of sp³-hybridized carbons (Fsp3) is 0.127. The Hall–Kier alpha value is -6.42. The average Bonchev–Trinajstić information content (AvgIpc) is 3.90. The van der Waals surface area contributed by atoms with Crippen molar-refractivity contribution < 1.29 is 25.8 Å². The normalized spacial score (nSPS) is 13.7. The average molecular weight is 971 g/mol. The maximum Gasteiger partial charge on any atom is 0.135 e. The molecule has 9 aromatic rings. The molecule has 1 aliphatic carbocycles. The van der Waals surface area contributed by atoms with Crippen LogP contribution in [0.4, 0.5) is 22.7 Å². The van der Waals surface area contributed by atoms with Crippen molar-refractivity contribution in [3.63, 3.8) is 0 Å². The first-order valence-corrected chi connectivity index (χ1v) is 20.8. The molecule has 0 radical (unpaired) electrons. The van der Waals surface area contributed by atoms with E-state index in [0.717, 1.165) is 68.3 Å². The molecule has 0 saturated heterocycles. The maximum atomic E-state index is 6.83. The molecule has 0 spiro atoms. The molecule has 2 aliphatic rings. The van der Waals surface area contributed by atoms with Crippen LogP contribution in [0.1, 0.15) is 44.4 Å². The fourth-order valence-corrected chi connectivity index (χ4v) is 9.45. The van der Waals surface area contributed by atoms with E-state index in [2.05, 4.69) is 206 Å². The van der Waals surface area contributed by atoms with Crippen molar-refractivity contribution >= 4 is 44.6 Å². The molecule has 0 bridgehead atoms. The zero-order valence-electron chi connectivity index (χ0n) is 34.5. The molecule has 11 rings (SSSR count). The molecular weight excluding hydrogens is 928 g/mol. The van der Waals surface area contributed by atoms with Gasteiger partial charge in [-0.15, -0.1) is 48.3 Å². The Balaban J connectivity index is 0.00000445. The summed E-state index contributed by atoms with van der Waals surface area (Å²) in [6.45, 7) is 11.3. The van der Waals surface area contributed by atoms with Crippen molar-refractivity contribution in [1.82, 2.24) is 9.55 Å². The second-order valence-electron chi connectivity index (χ2n) is 16.8. The molecule has 0 unspecified atom stereocenters. The third-order valence-electron chi connectivity index (χ3n) is 12.1. The van der Waals surface area contributed by atoms with E-state index in [1.807, 2.05) is 18.3 Å². The van der Waals surface area contributed by atoms with E-state index in [0.29, 0.717) is 17.4 Å². The number of hydrogen-bond donors (Lipinski definition) is 0.